The lowest BCUT2D eigenvalue weighted by Crippen LogP contribution is -2.16. The van der Waals surface area contributed by atoms with Gasteiger partial charge in [0, 0.05) is 6.61 Å². The Bertz CT molecular complexity index is 165. The molecule has 0 aliphatic carbocycles. The van der Waals surface area contributed by atoms with E-state index in [0.717, 1.165) is 6.42 Å². The second-order valence-electron chi connectivity index (χ2n) is 6.78. The highest BCUT2D eigenvalue weighted by Crippen LogP contribution is 2.09. The van der Waals surface area contributed by atoms with E-state index in [1.54, 1.807) is 0 Å². The Balaban J connectivity index is 2.91. The maximum atomic E-state index is 8.69. The number of aliphatic hydroxyl groups excluding tert-OH is 1. The molecule has 0 amide bonds. The third-order valence-electron chi connectivity index (χ3n) is 4.47. The first-order valence-electron chi connectivity index (χ1n) is 10.2. The summed E-state index contributed by atoms with van der Waals surface area (Å²) in [6.07, 6.45) is 21.6. The van der Waals surface area contributed by atoms with Gasteiger partial charge in [0.05, 0.1) is 0 Å². The number of unbranched alkanes of at least 4 members (excludes halogenated alkanes) is 14. The maximum absolute atomic E-state index is 8.69. The summed E-state index contributed by atoms with van der Waals surface area (Å²) in [5, 5.41) is 12.3. The zero-order chi connectivity index (χ0) is 16.1. The lowest BCUT2D eigenvalue weighted by molar-refractivity contribution is 0.282. The van der Waals surface area contributed by atoms with E-state index in [9.17, 15) is 0 Å². The minimum atomic E-state index is 0.366. The number of hydrogen-bond donors (Lipinski definition) is 2. The smallest absolute Gasteiger partial charge is 0.0431 e. The molecular formula is C20H43NO. The molecule has 0 saturated heterocycles. The van der Waals surface area contributed by atoms with E-state index in [1.807, 2.05) is 0 Å². The average Bonchev–Trinajstić information content (AvgIpc) is 2.54. The molecule has 134 valence electrons. The number of nitrogens with one attached hydrogen (secondary N) is 1. The van der Waals surface area contributed by atoms with Gasteiger partial charge in [-0.1, -0.05) is 90.4 Å². The highest BCUT2D eigenvalue weighted by atomic mass is 16.2. The van der Waals surface area contributed by atoms with Crippen LogP contribution in [0.4, 0.5) is 0 Å². The van der Waals surface area contributed by atoms with Crippen molar-refractivity contribution in [3.8, 4) is 0 Å². The first-order chi connectivity index (χ1) is 10.9. The molecule has 0 bridgehead atoms. The molecule has 0 fully saturated rings. The van der Waals surface area contributed by atoms with Gasteiger partial charge in [0.15, 0.2) is 0 Å². The van der Waals surface area contributed by atoms with E-state index in [4.69, 9.17) is 5.11 Å². The number of rotatable bonds is 19. The summed E-state index contributed by atoms with van der Waals surface area (Å²) in [4.78, 5) is 0. The van der Waals surface area contributed by atoms with Crippen LogP contribution in [0.25, 0.3) is 0 Å². The van der Waals surface area contributed by atoms with E-state index >= 15 is 0 Å². The largest absolute Gasteiger partial charge is 0.396 e. The van der Waals surface area contributed by atoms with Crippen molar-refractivity contribution in [2.24, 2.45) is 0 Å². The fraction of sp³-hybridized carbons (Fsp3) is 1.00. The van der Waals surface area contributed by atoms with Gasteiger partial charge in [0.2, 0.25) is 0 Å². The zero-order valence-electron chi connectivity index (χ0n) is 15.4. The van der Waals surface area contributed by atoms with Gasteiger partial charge in [-0.3, -0.25) is 0 Å². The fourth-order valence-electron chi connectivity index (χ4n) is 2.93. The lowest BCUT2D eigenvalue weighted by atomic mass is 10.1. The topological polar surface area (TPSA) is 32.3 Å². The average molecular weight is 314 g/mol. The summed E-state index contributed by atoms with van der Waals surface area (Å²) in [7, 11) is 0. The van der Waals surface area contributed by atoms with E-state index in [0.29, 0.717) is 6.61 Å². The summed E-state index contributed by atoms with van der Waals surface area (Å²) < 4.78 is 0. The third-order valence-corrected chi connectivity index (χ3v) is 4.47. The predicted octanol–water partition coefficient (Wildman–Crippen LogP) is 5.83. The Kier molecular flexibility index (Phi) is 20.8. The summed E-state index contributed by atoms with van der Waals surface area (Å²) in [5.74, 6) is 0. The van der Waals surface area contributed by atoms with Crippen molar-refractivity contribution in [1.29, 1.82) is 0 Å². The van der Waals surface area contributed by atoms with Crippen LogP contribution in [-0.2, 0) is 0 Å². The maximum Gasteiger partial charge on any atom is 0.0431 e. The summed E-state index contributed by atoms with van der Waals surface area (Å²) in [5.41, 5.74) is 0. The van der Waals surface area contributed by atoms with Crippen LogP contribution in [0.2, 0.25) is 0 Å². The minimum Gasteiger partial charge on any atom is -0.396 e. The van der Waals surface area contributed by atoms with Crippen molar-refractivity contribution in [1.82, 2.24) is 5.32 Å². The molecule has 0 aliphatic rings. The molecule has 0 aromatic heterocycles. The van der Waals surface area contributed by atoms with Crippen molar-refractivity contribution in [3.05, 3.63) is 0 Å². The van der Waals surface area contributed by atoms with E-state index in [1.165, 1.54) is 109 Å². The molecule has 0 aliphatic heterocycles. The van der Waals surface area contributed by atoms with E-state index in [-0.39, 0.29) is 0 Å². The van der Waals surface area contributed by atoms with Gasteiger partial charge in [-0.05, 0) is 32.4 Å². The Morgan fingerprint density at radius 1 is 0.500 bits per heavy atom. The van der Waals surface area contributed by atoms with Gasteiger partial charge >= 0.3 is 0 Å². The van der Waals surface area contributed by atoms with Gasteiger partial charge in [-0.15, -0.1) is 0 Å². The summed E-state index contributed by atoms with van der Waals surface area (Å²) >= 11 is 0. The van der Waals surface area contributed by atoms with Crippen LogP contribution in [0.5, 0.6) is 0 Å². The summed E-state index contributed by atoms with van der Waals surface area (Å²) in [6, 6.07) is 0. The fourth-order valence-corrected chi connectivity index (χ4v) is 2.93. The highest BCUT2D eigenvalue weighted by molar-refractivity contribution is 4.52. The molecule has 0 radical (unpaired) electrons. The normalized spacial score (nSPS) is 11.2. The Labute approximate surface area is 140 Å². The van der Waals surface area contributed by atoms with Gasteiger partial charge < -0.3 is 10.4 Å². The molecular weight excluding hydrogens is 270 g/mol. The molecule has 0 aromatic rings. The molecule has 0 spiro atoms. The standard InChI is InChI=1S/C20H43NO/c1-2-3-4-5-6-9-12-15-18-21-19-16-13-10-7-8-11-14-17-20-22/h21-22H,2-20H2,1H3. The van der Waals surface area contributed by atoms with Crippen LogP contribution in [0.15, 0.2) is 0 Å². The van der Waals surface area contributed by atoms with Crippen molar-refractivity contribution in [2.45, 2.75) is 110 Å². The molecule has 0 atom stereocenters. The molecule has 22 heavy (non-hydrogen) atoms. The van der Waals surface area contributed by atoms with E-state index < -0.39 is 0 Å². The first kappa shape index (κ1) is 21.9. The quantitative estimate of drug-likeness (QED) is 0.294. The number of hydrogen-bond acceptors (Lipinski definition) is 2. The van der Waals surface area contributed by atoms with Crippen LogP contribution in [0, 0.1) is 0 Å². The summed E-state index contributed by atoms with van der Waals surface area (Å²) in [6.45, 7) is 5.08. The predicted molar refractivity (Wildman–Crippen MR) is 99.5 cm³/mol. The Morgan fingerprint density at radius 3 is 1.27 bits per heavy atom. The third kappa shape index (κ3) is 19.9. The van der Waals surface area contributed by atoms with Gasteiger partial charge in [-0.25, -0.2) is 0 Å². The molecule has 0 unspecified atom stereocenters. The van der Waals surface area contributed by atoms with E-state index in [2.05, 4.69) is 12.2 Å². The van der Waals surface area contributed by atoms with Crippen LogP contribution >= 0.6 is 0 Å². The molecule has 2 nitrogen and oxygen atoms in total. The second-order valence-corrected chi connectivity index (χ2v) is 6.78. The van der Waals surface area contributed by atoms with Crippen molar-refractivity contribution < 1.29 is 5.11 Å². The Hall–Kier alpha value is -0.0800. The first-order valence-corrected chi connectivity index (χ1v) is 10.2. The number of aliphatic hydroxyl groups is 1. The van der Waals surface area contributed by atoms with Crippen molar-refractivity contribution in [2.75, 3.05) is 19.7 Å². The van der Waals surface area contributed by atoms with Gasteiger partial charge in [0.25, 0.3) is 0 Å². The molecule has 0 heterocycles. The van der Waals surface area contributed by atoms with Crippen LogP contribution in [0.1, 0.15) is 110 Å². The molecule has 2 heteroatoms. The lowest BCUT2D eigenvalue weighted by Gasteiger charge is -2.05. The molecule has 2 N–H and O–H groups in total. The SMILES string of the molecule is CCCCCCCCCCNCCCCCCCCCCO. The molecule has 0 rings (SSSR count). The van der Waals surface area contributed by atoms with Gasteiger partial charge in [0.1, 0.15) is 0 Å². The molecule has 0 saturated carbocycles. The van der Waals surface area contributed by atoms with Gasteiger partial charge in [-0.2, -0.15) is 0 Å². The highest BCUT2D eigenvalue weighted by Gasteiger charge is 1.94. The van der Waals surface area contributed by atoms with Crippen molar-refractivity contribution >= 4 is 0 Å². The van der Waals surface area contributed by atoms with Crippen molar-refractivity contribution in [3.63, 3.8) is 0 Å². The monoisotopic (exact) mass is 313 g/mol. The second kappa shape index (κ2) is 20.9. The van der Waals surface area contributed by atoms with Crippen LogP contribution in [-0.4, -0.2) is 24.8 Å². The Morgan fingerprint density at radius 2 is 0.864 bits per heavy atom. The minimum absolute atomic E-state index is 0.366. The zero-order valence-corrected chi connectivity index (χ0v) is 15.4. The van der Waals surface area contributed by atoms with Crippen LogP contribution < -0.4 is 5.32 Å². The molecule has 0 aromatic carbocycles. The van der Waals surface area contributed by atoms with Crippen LogP contribution in [0.3, 0.4) is 0 Å².